The molecule has 1 aliphatic carbocycles. The standard InChI is InChI=1S/C26H21NO/c1-17(28)15-25-21-12-11-19-9-5-6-10-20(19)24(21)16-23(18-7-3-2-4-8-18)22-13-14-27-26(22)25/h2-14,16,25,27H,15H2,1H3/t25-/m1/s1. The normalized spacial score (nSPS) is 15.5. The molecule has 0 bridgehead atoms. The Balaban J connectivity index is 1.87. The highest BCUT2D eigenvalue weighted by molar-refractivity contribution is 6.02. The Morgan fingerprint density at radius 3 is 2.54 bits per heavy atom. The number of Topliss-reactive ketones (excluding diaryl/α,β-unsaturated/α-hetero) is 1. The first-order valence-electron chi connectivity index (χ1n) is 9.68. The van der Waals surface area contributed by atoms with E-state index in [4.69, 9.17) is 0 Å². The van der Waals surface area contributed by atoms with E-state index in [1.54, 1.807) is 6.92 Å². The second kappa shape index (κ2) is 6.65. The second-order valence-corrected chi connectivity index (χ2v) is 7.48. The molecular formula is C26H21NO. The number of H-pyrrole nitrogens is 1. The summed E-state index contributed by atoms with van der Waals surface area (Å²) in [7, 11) is 0. The predicted octanol–water partition coefficient (Wildman–Crippen LogP) is 6.18. The first-order chi connectivity index (χ1) is 13.7. The van der Waals surface area contributed by atoms with Gasteiger partial charge in [-0.3, -0.25) is 4.79 Å². The van der Waals surface area contributed by atoms with E-state index in [9.17, 15) is 4.79 Å². The van der Waals surface area contributed by atoms with Crippen molar-refractivity contribution in [1.29, 1.82) is 0 Å². The zero-order valence-electron chi connectivity index (χ0n) is 15.8. The van der Waals surface area contributed by atoms with E-state index in [2.05, 4.69) is 77.8 Å². The molecule has 0 fully saturated rings. The lowest BCUT2D eigenvalue weighted by Crippen LogP contribution is -2.09. The van der Waals surface area contributed by atoms with E-state index in [0.717, 1.165) is 5.69 Å². The van der Waals surface area contributed by atoms with Crippen LogP contribution in [0.5, 0.6) is 0 Å². The number of hydrogen-bond acceptors (Lipinski definition) is 1. The molecule has 0 radical (unpaired) electrons. The molecule has 4 aromatic rings. The average molecular weight is 363 g/mol. The molecule has 0 saturated heterocycles. The fraction of sp³-hybridized carbons (Fsp3) is 0.115. The van der Waals surface area contributed by atoms with Crippen molar-refractivity contribution in [2.24, 2.45) is 0 Å². The zero-order chi connectivity index (χ0) is 19.1. The minimum atomic E-state index is 0.0274. The first-order valence-corrected chi connectivity index (χ1v) is 9.68. The van der Waals surface area contributed by atoms with Crippen LogP contribution in [-0.4, -0.2) is 10.8 Å². The van der Waals surface area contributed by atoms with Crippen molar-refractivity contribution in [3.05, 3.63) is 107 Å². The van der Waals surface area contributed by atoms with Crippen LogP contribution in [0.3, 0.4) is 0 Å². The number of ketones is 1. The van der Waals surface area contributed by atoms with Gasteiger partial charge in [-0.15, -0.1) is 0 Å². The number of benzene rings is 3. The summed E-state index contributed by atoms with van der Waals surface area (Å²) in [5, 5.41) is 2.45. The molecule has 1 heterocycles. The van der Waals surface area contributed by atoms with Gasteiger partial charge in [-0.1, -0.05) is 66.7 Å². The summed E-state index contributed by atoms with van der Waals surface area (Å²) in [5.74, 6) is 0.229. The predicted molar refractivity (Wildman–Crippen MR) is 115 cm³/mol. The smallest absolute Gasteiger partial charge is 0.130 e. The van der Waals surface area contributed by atoms with Crippen LogP contribution in [0.2, 0.25) is 0 Å². The maximum atomic E-state index is 12.1. The van der Waals surface area contributed by atoms with Crippen molar-refractivity contribution in [2.75, 3.05) is 0 Å². The van der Waals surface area contributed by atoms with E-state index in [1.165, 1.54) is 38.6 Å². The van der Waals surface area contributed by atoms with Gasteiger partial charge in [0.15, 0.2) is 0 Å². The van der Waals surface area contributed by atoms with Gasteiger partial charge in [0, 0.05) is 29.8 Å². The lowest BCUT2D eigenvalue weighted by atomic mass is 9.86. The number of carbonyl (C=O) groups is 1. The van der Waals surface area contributed by atoms with Gasteiger partial charge in [0.05, 0.1) is 0 Å². The van der Waals surface area contributed by atoms with E-state index in [1.807, 2.05) is 12.3 Å². The zero-order valence-corrected chi connectivity index (χ0v) is 15.8. The molecule has 0 saturated carbocycles. The summed E-state index contributed by atoms with van der Waals surface area (Å²) in [6.07, 6.45) is 4.79. The molecule has 1 N–H and O–H groups in total. The molecule has 0 amide bonds. The number of fused-ring (bicyclic) bond motifs is 4. The summed E-state index contributed by atoms with van der Waals surface area (Å²) >= 11 is 0. The molecule has 1 aromatic heterocycles. The Labute approximate surface area is 164 Å². The topological polar surface area (TPSA) is 32.9 Å². The summed E-state index contributed by atoms with van der Waals surface area (Å²) < 4.78 is 0. The van der Waals surface area contributed by atoms with Gasteiger partial charge in [-0.2, -0.15) is 0 Å². The number of nitrogens with one attached hydrogen (secondary N) is 1. The largest absolute Gasteiger partial charge is 0.364 e. The molecule has 0 spiro atoms. The minimum Gasteiger partial charge on any atom is -0.364 e. The van der Waals surface area contributed by atoms with Crippen molar-refractivity contribution in [1.82, 2.24) is 4.98 Å². The van der Waals surface area contributed by atoms with Crippen molar-refractivity contribution in [3.63, 3.8) is 0 Å². The maximum Gasteiger partial charge on any atom is 0.130 e. The highest BCUT2D eigenvalue weighted by Crippen LogP contribution is 2.43. The molecule has 5 rings (SSSR count). The number of aromatic amines is 1. The summed E-state index contributed by atoms with van der Waals surface area (Å²) in [6.45, 7) is 1.68. The molecule has 3 aromatic carbocycles. The van der Waals surface area contributed by atoms with Crippen LogP contribution in [0.15, 0.2) is 79.0 Å². The van der Waals surface area contributed by atoms with E-state index in [0.29, 0.717) is 6.42 Å². The van der Waals surface area contributed by atoms with Gasteiger partial charge in [-0.25, -0.2) is 0 Å². The summed E-state index contributed by atoms with van der Waals surface area (Å²) in [5.41, 5.74) is 7.11. The molecule has 1 atom stereocenters. The molecular weight excluding hydrogens is 342 g/mol. The monoisotopic (exact) mass is 363 g/mol. The third-order valence-electron chi connectivity index (χ3n) is 5.66. The second-order valence-electron chi connectivity index (χ2n) is 7.48. The van der Waals surface area contributed by atoms with Crippen LogP contribution < -0.4 is 0 Å². The van der Waals surface area contributed by atoms with Crippen LogP contribution in [0.25, 0.3) is 22.4 Å². The number of rotatable bonds is 3. The van der Waals surface area contributed by atoms with Crippen molar-refractivity contribution in [2.45, 2.75) is 19.3 Å². The molecule has 1 aliphatic rings. The summed E-state index contributed by atoms with van der Waals surface area (Å²) in [4.78, 5) is 15.6. The Hall–Kier alpha value is -3.39. The first kappa shape index (κ1) is 16.8. The maximum absolute atomic E-state index is 12.1. The molecule has 2 heteroatoms. The van der Waals surface area contributed by atoms with Crippen LogP contribution in [-0.2, 0) is 4.79 Å². The molecule has 136 valence electrons. The fourth-order valence-corrected chi connectivity index (χ4v) is 4.42. The van der Waals surface area contributed by atoms with Crippen LogP contribution in [0, 0.1) is 0 Å². The van der Waals surface area contributed by atoms with Gasteiger partial charge in [0.1, 0.15) is 5.78 Å². The minimum absolute atomic E-state index is 0.0274. The Kier molecular flexibility index (Phi) is 3.98. The van der Waals surface area contributed by atoms with E-state index < -0.39 is 0 Å². The van der Waals surface area contributed by atoms with Crippen LogP contribution in [0.1, 0.15) is 47.2 Å². The molecule has 0 aliphatic heterocycles. The Bertz CT molecular complexity index is 1210. The number of aromatic nitrogens is 1. The highest BCUT2D eigenvalue weighted by Gasteiger charge is 2.28. The summed E-state index contributed by atoms with van der Waals surface area (Å²) in [6, 6.07) is 25.5. The quantitative estimate of drug-likeness (QED) is 0.463. The lowest BCUT2D eigenvalue weighted by Gasteiger charge is -2.18. The van der Waals surface area contributed by atoms with Gasteiger partial charge in [-0.05, 0) is 52.1 Å². The average Bonchev–Trinajstić information content (AvgIpc) is 3.15. The molecule has 28 heavy (non-hydrogen) atoms. The number of carbonyl (C=O) groups excluding carboxylic acids is 1. The van der Waals surface area contributed by atoms with E-state index >= 15 is 0 Å². The van der Waals surface area contributed by atoms with E-state index in [-0.39, 0.29) is 11.7 Å². The fourth-order valence-electron chi connectivity index (χ4n) is 4.42. The van der Waals surface area contributed by atoms with Crippen molar-refractivity contribution >= 4 is 28.2 Å². The number of hydrogen-bond donors (Lipinski definition) is 1. The van der Waals surface area contributed by atoms with Gasteiger partial charge in [0.25, 0.3) is 0 Å². The third kappa shape index (κ3) is 2.69. The van der Waals surface area contributed by atoms with Gasteiger partial charge < -0.3 is 4.98 Å². The molecule has 0 unspecified atom stereocenters. The van der Waals surface area contributed by atoms with Gasteiger partial charge >= 0.3 is 0 Å². The van der Waals surface area contributed by atoms with Crippen LogP contribution >= 0.6 is 0 Å². The van der Waals surface area contributed by atoms with Crippen molar-refractivity contribution in [3.8, 4) is 0 Å². The highest BCUT2D eigenvalue weighted by atomic mass is 16.1. The SMILES string of the molecule is CC(=O)C[C@@H]1c2ccc3ccccc3c2C=C(c2ccccc2)c2cc[nH]c21. The van der Waals surface area contributed by atoms with Crippen molar-refractivity contribution < 1.29 is 4.79 Å². The van der Waals surface area contributed by atoms with Gasteiger partial charge in [0.2, 0.25) is 0 Å². The third-order valence-corrected chi connectivity index (χ3v) is 5.66. The molecule has 2 nitrogen and oxygen atoms in total. The lowest BCUT2D eigenvalue weighted by molar-refractivity contribution is -0.117. The van der Waals surface area contributed by atoms with Crippen LogP contribution in [0.4, 0.5) is 0 Å². The Morgan fingerprint density at radius 1 is 0.929 bits per heavy atom. The Morgan fingerprint density at radius 2 is 1.71 bits per heavy atom.